The van der Waals surface area contributed by atoms with Gasteiger partial charge in [-0.15, -0.1) is 0 Å². The van der Waals surface area contributed by atoms with E-state index in [1.807, 2.05) is 30.9 Å². The predicted octanol–water partition coefficient (Wildman–Crippen LogP) is 5.11. The zero-order chi connectivity index (χ0) is 21.6. The quantitative estimate of drug-likeness (QED) is 0.626. The van der Waals surface area contributed by atoms with Crippen LogP contribution in [0.15, 0.2) is 18.3 Å². The maximum Gasteiger partial charge on any atom is 0.390 e. The zero-order valence-electron chi connectivity index (χ0n) is 17.0. The van der Waals surface area contributed by atoms with E-state index in [1.54, 1.807) is 4.57 Å². The molecule has 1 saturated carbocycles. The molecule has 0 unspecified atom stereocenters. The van der Waals surface area contributed by atoms with E-state index in [0.717, 1.165) is 29.7 Å². The second-order valence-electron chi connectivity index (χ2n) is 8.22. The first-order valence-corrected chi connectivity index (χ1v) is 10.5. The molecule has 1 amide bonds. The number of nitrogens with zero attached hydrogens (tertiary/aromatic N) is 4. The van der Waals surface area contributed by atoms with Crippen molar-refractivity contribution in [2.45, 2.75) is 45.8 Å². The molecular formula is C21H24ClF3N4O. The van der Waals surface area contributed by atoms with Crippen LogP contribution in [0.5, 0.6) is 0 Å². The number of rotatable bonds is 6. The van der Waals surface area contributed by atoms with Gasteiger partial charge in [-0.1, -0.05) is 17.7 Å². The number of anilines is 2. The topological polar surface area (TPSA) is 41.4 Å². The molecule has 5 nitrogen and oxygen atoms in total. The number of carbonyl (C=O) groups excluding carboxylic acids is 1. The van der Waals surface area contributed by atoms with Crippen molar-refractivity contribution in [2.24, 2.45) is 5.92 Å². The molecule has 0 spiro atoms. The van der Waals surface area contributed by atoms with Crippen LogP contribution in [0.4, 0.5) is 24.8 Å². The lowest BCUT2D eigenvalue weighted by Gasteiger charge is -2.23. The van der Waals surface area contributed by atoms with E-state index in [1.165, 1.54) is 11.1 Å². The van der Waals surface area contributed by atoms with E-state index in [-0.39, 0.29) is 6.54 Å². The Morgan fingerprint density at radius 3 is 2.63 bits per heavy atom. The molecule has 0 atom stereocenters. The number of hydrogen-bond donors (Lipinski definition) is 0. The molecule has 0 radical (unpaired) electrons. The van der Waals surface area contributed by atoms with Gasteiger partial charge in [0.2, 0.25) is 5.95 Å². The molecule has 1 aliphatic carbocycles. The Morgan fingerprint density at radius 1 is 1.27 bits per heavy atom. The monoisotopic (exact) mass is 440 g/mol. The van der Waals surface area contributed by atoms with Crippen LogP contribution in [0.1, 0.15) is 40.9 Å². The van der Waals surface area contributed by atoms with Gasteiger partial charge < -0.3 is 14.4 Å². The van der Waals surface area contributed by atoms with E-state index < -0.39 is 18.5 Å². The van der Waals surface area contributed by atoms with Crippen LogP contribution in [-0.4, -0.2) is 46.2 Å². The summed E-state index contributed by atoms with van der Waals surface area (Å²) >= 11 is 6.49. The average Bonchev–Trinajstić information content (AvgIpc) is 3.21. The van der Waals surface area contributed by atoms with Gasteiger partial charge in [-0.2, -0.15) is 13.2 Å². The predicted molar refractivity (Wildman–Crippen MR) is 109 cm³/mol. The van der Waals surface area contributed by atoms with Gasteiger partial charge in [-0.05, 0) is 49.8 Å². The summed E-state index contributed by atoms with van der Waals surface area (Å²) < 4.78 is 40.1. The lowest BCUT2D eigenvalue weighted by atomic mass is 10.1. The van der Waals surface area contributed by atoms with Gasteiger partial charge in [0.25, 0.3) is 5.91 Å². The molecule has 1 aliphatic heterocycles. The number of carbonyl (C=O) groups is 1. The fourth-order valence-corrected chi connectivity index (χ4v) is 4.47. The molecule has 0 N–H and O–H groups in total. The van der Waals surface area contributed by atoms with Gasteiger partial charge in [0, 0.05) is 26.2 Å². The number of alkyl halides is 3. The Balaban J connectivity index is 1.60. The molecular weight excluding hydrogens is 417 g/mol. The average molecular weight is 441 g/mol. The highest BCUT2D eigenvalue weighted by Crippen LogP contribution is 2.38. The van der Waals surface area contributed by atoms with Gasteiger partial charge in [0.15, 0.2) is 0 Å². The molecule has 0 saturated heterocycles. The van der Waals surface area contributed by atoms with Crippen LogP contribution < -0.4 is 4.90 Å². The first-order chi connectivity index (χ1) is 14.1. The standard InChI is InChI=1S/C21H24ClF3N4O/c1-13-9-14(2)18(16(22)10-13)29-8-7-28-17(11-26-20(28)29)19(30)27(12-15-3-4-15)6-5-21(23,24)25/h9-11,15H,3-8,12H2,1-2H3. The second-order valence-corrected chi connectivity index (χ2v) is 8.63. The van der Waals surface area contributed by atoms with Gasteiger partial charge in [-0.25, -0.2) is 4.98 Å². The third kappa shape index (κ3) is 4.29. The molecule has 2 heterocycles. The molecule has 1 fully saturated rings. The minimum Gasteiger partial charge on any atom is -0.337 e. The van der Waals surface area contributed by atoms with Crippen LogP contribution in [0, 0.1) is 19.8 Å². The third-order valence-corrected chi connectivity index (χ3v) is 5.93. The molecule has 9 heteroatoms. The molecule has 162 valence electrons. The SMILES string of the molecule is Cc1cc(C)c(N2CCn3c(C(=O)N(CCC(F)(F)F)CC4CC4)cnc32)c(Cl)c1. The third-order valence-electron chi connectivity index (χ3n) is 5.64. The van der Waals surface area contributed by atoms with E-state index in [9.17, 15) is 18.0 Å². The molecule has 2 aliphatic rings. The summed E-state index contributed by atoms with van der Waals surface area (Å²) in [7, 11) is 0. The van der Waals surface area contributed by atoms with Crippen LogP contribution in [-0.2, 0) is 6.54 Å². The fourth-order valence-electron chi connectivity index (χ4n) is 4.05. The molecule has 2 aromatic rings. The van der Waals surface area contributed by atoms with E-state index in [4.69, 9.17) is 11.6 Å². The lowest BCUT2D eigenvalue weighted by Crippen LogP contribution is -2.36. The van der Waals surface area contributed by atoms with E-state index in [0.29, 0.717) is 42.2 Å². The van der Waals surface area contributed by atoms with Crippen molar-refractivity contribution in [1.29, 1.82) is 0 Å². The molecule has 30 heavy (non-hydrogen) atoms. The number of hydrogen-bond acceptors (Lipinski definition) is 3. The highest BCUT2D eigenvalue weighted by molar-refractivity contribution is 6.33. The largest absolute Gasteiger partial charge is 0.390 e. The number of aryl methyl sites for hydroxylation is 2. The van der Waals surface area contributed by atoms with Crippen LogP contribution >= 0.6 is 11.6 Å². The molecule has 1 aromatic carbocycles. The Kier molecular flexibility index (Phi) is 5.46. The van der Waals surface area contributed by atoms with Gasteiger partial charge in [0.1, 0.15) is 5.69 Å². The Bertz CT molecular complexity index is 945. The van der Waals surface area contributed by atoms with Crippen molar-refractivity contribution in [3.8, 4) is 0 Å². The number of fused-ring (bicyclic) bond motifs is 1. The summed E-state index contributed by atoms with van der Waals surface area (Å²) in [6.07, 6.45) is -1.91. The summed E-state index contributed by atoms with van der Waals surface area (Å²) in [6.45, 7) is 5.10. The minimum atomic E-state index is -4.29. The summed E-state index contributed by atoms with van der Waals surface area (Å²) in [5.74, 6) is 0.501. The van der Waals surface area contributed by atoms with Crippen molar-refractivity contribution in [1.82, 2.24) is 14.5 Å². The maximum atomic E-state index is 13.1. The summed E-state index contributed by atoms with van der Waals surface area (Å²) in [6, 6.07) is 3.92. The number of amides is 1. The first-order valence-electron chi connectivity index (χ1n) is 10.1. The number of imidazole rings is 1. The van der Waals surface area contributed by atoms with Gasteiger partial charge in [0.05, 0.1) is 23.3 Å². The minimum absolute atomic E-state index is 0.300. The molecule has 0 bridgehead atoms. The number of halogens is 4. The lowest BCUT2D eigenvalue weighted by molar-refractivity contribution is -0.136. The normalized spacial score (nSPS) is 16.1. The van der Waals surface area contributed by atoms with Crippen molar-refractivity contribution < 1.29 is 18.0 Å². The fraction of sp³-hybridized carbons (Fsp3) is 0.524. The van der Waals surface area contributed by atoms with E-state index in [2.05, 4.69) is 4.98 Å². The summed E-state index contributed by atoms with van der Waals surface area (Å²) in [5, 5.41) is 0.609. The van der Waals surface area contributed by atoms with Crippen LogP contribution in [0.3, 0.4) is 0 Å². The second kappa shape index (κ2) is 7.80. The molecule has 1 aromatic heterocycles. The van der Waals surface area contributed by atoms with Crippen molar-refractivity contribution in [3.05, 3.63) is 40.2 Å². The van der Waals surface area contributed by atoms with Gasteiger partial charge in [-0.3, -0.25) is 4.79 Å². The Morgan fingerprint density at radius 2 is 2.00 bits per heavy atom. The maximum absolute atomic E-state index is 13.1. The summed E-state index contributed by atoms with van der Waals surface area (Å²) in [5.41, 5.74) is 3.23. The van der Waals surface area contributed by atoms with Crippen LogP contribution in [0.25, 0.3) is 0 Å². The first kappa shape index (κ1) is 21.0. The number of benzene rings is 1. The Hall–Kier alpha value is -2.22. The van der Waals surface area contributed by atoms with Gasteiger partial charge >= 0.3 is 6.18 Å². The highest BCUT2D eigenvalue weighted by Gasteiger charge is 2.35. The van der Waals surface area contributed by atoms with E-state index >= 15 is 0 Å². The van der Waals surface area contributed by atoms with Crippen LogP contribution in [0.2, 0.25) is 5.02 Å². The van der Waals surface area contributed by atoms with Crippen molar-refractivity contribution in [2.75, 3.05) is 24.5 Å². The Labute approximate surface area is 178 Å². The molecule has 4 rings (SSSR count). The highest BCUT2D eigenvalue weighted by atomic mass is 35.5. The van der Waals surface area contributed by atoms with Crippen molar-refractivity contribution in [3.63, 3.8) is 0 Å². The van der Waals surface area contributed by atoms with Crippen molar-refractivity contribution >= 4 is 29.1 Å². The smallest absolute Gasteiger partial charge is 0.337 e. The number of aromatic nitrogens is 2. The summed E-state index contributed by atoms with van der Waals surface area (Å²) in [4.78, 5) is 20.9. The zero-order valence-corrected chi connectivity index (χ0v) is 17.7.